The van der Waals surface area contributed by atoms with Crippen molar-refractivity contribution in [2.75, 3.05) is 33.7 Å². The van der Waals surface area contributed by atoms with E-state index >= 15 is 0 Å². The van der Waals surface area contributed by atoms with Gasteiger partial charge in [-0.2, -0.15) is 0 Å². The summed E-state index contributed by atoms with van der Waals surface area (Å²) in [6, 6.07) is 0.895. The van der Waals surface area contributed by atoms with E-state index in [0.717, 1.165) is 11.5 Å². The van der Waals surface area contributed by atoms with Gasteiger partial charge in [0, 0.05) is 6.04 Å². The van der Waals surface area contributed by atoms with Crippen LogP contribution in [0.2, 0.25) is 0 Å². The van der Waals surface area contributed by atoms with Gasteiger partial charge in [0.25, 0.3) is 0 Å². The number of nitrogens with zero attached hydrogens (tertiary/aromatic N) is 2. The quantitative estimate of drug-likeness (QED) is 0.637. The van der Waals surface area contributed by atoms with Crippen LogP contribution < -0.4 is 0 Å². The van der Waals surface area contributed by atoms with E-state index in [1.165, 1.54) is 38.9 Å². The first-order valence-electron chi connectivity index (χ1n) is 5.57. The van der Waals surface area contributed by atoms with Crippen molar-refractivity contribution in [2.45, 2.75) is 32.2 Å². The maximum absolute atomic E-state index is 2.58. The normalized spacial score (nSPS) is 32.8. The fourth-order valence-electron chi connectivity index (χ4n) is 2.91. The Bertz CT molecular complexity index is 181. The summed E-state index contributed by atoms with van der Waals surface area (Å²) in [5.74, 6) is 0. The molecule has 2 fully saturated rings. The molecule has 2 rings (SSSR count). The maximum atomic E-state index is 2.58. The summed E-state index contributed by atoms with van der Waals surface area (Å²) in [6.45, 7) is 6.18. The predicted octanol–water partition coefficient (Wildman–Crippen LogP) is 1.42. The summed E-state index contributed by atoms with van der Waals surface area (Å²) in [4.78, 5) is 5.00. The van der Waals surface area contributed by atoms with Crippen LogP contribution in [0.15, 0.2) is 0 Å². The summed E-state index contributed by atoms with van der Waals surface area (Å²) in [6.07, 6.45) is 4.32. The standard InChI is InChI=1S/C11H22N2/c1-4-13-7-5-11(6-8-13)9-10(11)12(2)3/h10H,4-9H2,1-3H3. The molecule has 2 aliphatic rings. The van der Waals surface area contributed by atoms with Gasteiger partial charge in [-0.1, -0.05) is 6.92 Å². The van der Waals surface area contributed by atoms with Gasteiger partial charge in [-0.3, -0.25) is 0 Å². The van der Waals surface area contributed by atoms with E-state index in [4.69, 9.17) is 0 Å². The van der Waals surface area contributed by atoms with Gasteiger partial charge in [0.05, 0.1) is 0 Å². The van der Waals surface area contributed by atoms with E-state index in [0.29, 0.717) is 0 Å². The molecule has 0 radical (unpaired) electrons. The SMILES string of the molecule is CCN1CCC2(CC1)CC2N(C)C. The first-order chi connectivity index (χ1) is 6.18. The average molecular weight is 182 g/mol. The molecular formula is C11H22N2. The van der Waals surface area contributed by atoms with Gasteiger partial charge in [0.15, 0.2) is 0 Å². The molecule has 1 atom stereocenters. The fraction of sp³-hybridized carbons (Fsp3) is 1.00. The molecule has 1 spiro atoms. The Balaban J connectivity index is 1.86. The molecule has 13 heavy (non-hydrogen) atoms. The van der Waals surface area contributed by atoms with Gasteiger partial charge >= 0.3 is 0 Å². The molecule has 2 heteroatoms. The minimum Gasteiger partial charge on any atom is -0.306 e. The van der Waals surface area contributed by atoms with Crippen molar-refractivity contribution < 1.29 is 0 Å². The minimum atomic E-state index is 0.731. The smallest absolute Gasteiger partial charge is 0.0153 e. The Morgan fingerprint density at radius 3 is 2.31 bits per heavy atom. The van der Waals surface area contributed by atoms with Gasteiger partial charge in [-0.05, 0) is 58.4 Å². The molecule has 2 nitrogen and oxygen atoms in total. The highest BCUT2D eigenvalue weighted by molar-refractivity contribution is 5.09. The summed E-state index contributed by atoms with van der Waals surface area (Å²) in [7, 11) is 4.46. The van der Waals surface area contributed by atoms with Crippen LogP contribution in [0.4, 0.5) is 0 Å². The molecule has 0 amide bonds. The topological polar surface area (TPSA) is 6.48 Å². The van der Waals surface area contributed by atoms with Gasteiger partial charge in [-0.25, -0.2) is 0 Å². The van der Waals surface area contributed by atoms with E-state index < -0.39 is 0 Å². The molecule has 76 valence electrons. The van der Waals surface area contributed by atoms with Gasteiger partial charge in [0.1, 0.15) is 0 Å². The Morgan fingerprint density at radius 2 is 1.92 bits per heavy atom. The van der Waals surface area contributed by atoms with Crippen LogP contribution in [0.25, 0.3) is 0 Å². The number of rotatable bonds is 2. The van der Waals surface area contributed by atoms with Crippen molar-refractivity contribution >= 4 is 0 Å². The lowest BCUT2D eigenvalue weighted by Gasteiger charge is -2.32. The van der Waals surface area contributed by atoms with Gasteiger partial charge in [0.2, 0.25) is 0 Å². The maximum Gasteiger partial charge on any atom is 0.0153 e. The number of piperidine rings is 1. The third-order valence-electron chi connectivity index (χ3n) is 4.07. The molecular weight excluding hydrogens is 160 g/mol. The molecule has 1 saturated heterocycles. The third-order valence-corrected chi connectivity index (χ3v) is 4.07. The first-order valence-corrected chi connectivity index (χ1v) is 5.57. The molecule has 1 aliphatic heterocycles. The second kappa shape index (κ2) is 3.25. The Labute approximate surface area is 81.9 Å². The van der Waals surface area contributed by atoms with Crippen molar-refractivity contribution in [3.63, 3.8) is 0 Å². The van der Waals surface area contributed by atoms with Crippen molar-refractivity contribution in [2.24, 2.45) is 5.41 Å². The molecule has 1 heterocycles. The molecule has 0 aromatic heterocycles. The fourth-order valence-corrected chi connectivity index (χ4v) is 2.91. The Morgan fingerprint density at radius 1 is 1.31 bits per heavy atom. The Hall–Kier alpha value is -0.0800. The minimum absolute atomic E-state index is 0.731. The van der Waals surface area contributed by atoms with Crippen molar-refractivity contribution in [1.29, 1.82) is 0 Å². The molecule has 0 aromatic rings. The molecule has 1 aliphatic carbocycles. The molecule has 0 aromatic carbocycles. The third kappa shape index (κ3) is 1.62. The zero-order valence-corrected chi connectivity index (χ0v) is 9.21. The summed E-state index contributed by atoms with van der Waals surface area (Å²) < 4.78 is 0. The van der Waals surface area contributed by atoms with Crippen LogP contribution in [0.5, 0.6) is 0 Å². The second-order valence-corrected chi connectivity index (χ2v) is 4.98. The molecule has 1 unspecified atom stereocenters. The van der Waals surface area contributed by atoms with Crippen LogP contribution >= 0.6 is 0 Å². The summed E-state index contributed by atoms with van der Waals surface area (Å²) in [5.41, 5.74) is 0.731. The van der Waals surface area contributed by atoms with E-state index in [1.807, 2.05) is 0 Å². The monoisotopic (exact) mass is 182 g/mol. The van der Waals surface area contributed by atoms with E-state index in [1.54, 1.807) is 0 Å². The number of hydrogen-bond acceptors (Lipinski definition) is 2. The molecule has 1 saturated carbocycles. The van der Waals surface area contributed by atoms with Crippen molar-refractivity contribution in [3.05, 3.63) is 0 Å². The van der Waals surface area contributed by atoms with Crippen LogP contribution in [-0.4, -0.2) is 49.6 Å². The summed E-state index contributed by atoms with van der Waals surface area (Å²) in [5, 5.41) is 0. The first kappa shape index (κ1) is 9.47. The van der Waals surface area contributed by atoms with Gasteiger partial charge in [-0.15, -0.1) is 0 Å². The van der Waals surface area contributed by atoms with Crippen LogP contribution in [-0.2, 0) is 0 Å². The van der Waals surface area contributed by atoms with E-state index in [2.05, 4.69) is 30.8 Å². The lowest BCUT2D eigenvalue weighted by atomic mass is 9.92. The van der Waals surface area contributed by atoms with Crippen molar-refractivity contribution in [3.8, 4) is 0 Å². The number of likely N-dealkylation sites (tertiary alicyclic amines) is 1. The average Bonchev–Trinajstić information content (AvgIpc) is 2.82. The molecule has 0 bridgehead atoms. The predicted molar refractivity (Wildman–Crippen MR) is 55.9 cm³/mol. The Kier molecular flexibility index (Phi) is 2.37. The molecule has 0 N–H and O–H groups in total. The zero-order valence-electron chi connectivity index (χ0n) is 9.21. The van der Waals surface area contributed by atoms with E-state index in [9.17, 15) is 0 Å². The number of hydrogen-bond donors (Lipinski definition) is 0. The lowest BCUT2D eigenvalue weighted by molar-refractivity contribution is 0.158. The van der Waals surface area contributed by atoms with Crippen LogP contribution in [0.1, 0.15) is 26.2 Å². The van der Waals surface area contributed by atoms with Crippen LogP contribution in [0, 0.1) is 5.41 Å². The lowest BCUT2D eigenvalue weighted by Crippen LogP contribution is -2.37. The van der Waals surface area contributed by atoms with Crippen LogP contribution in [0.3, 0.4) is 0 Å². The zero-order chi connectivity index (χ0) is 9.47. The highest BCUT2D eigenvalue weighted by Crippen LogP contribution is 2.55. The van der Waals surface area contributed by atoms with Crippen molar-refractivity contribution in [1.82, 2.24) is 9.80 Å². The van der Waals surface area contributed by atoms with Gasteiger partial charge < -0.3 is 9.80 Å². The largest absolute Gasteiger partial charge is 0.306 e. The highest BCUT2D eigenvalue weighted by Gasteiger charge is 2.55. The van der Waals surface area contributed by atoms with E-state index in [-0.39, 0.29) is 0 Å². The second-order valence-electron chi connectivity index (χ2n) is 4.98. The summed E-state index contributed by atoms with van der Waals surface area (Å²) >= 11 is 0. The highest BCUT2D eigenvalue weighted by atomic mass is 15.2.